The maximum atomic E-state index is 12.4. The fourth-order valence-corrected chi connectivity index (χ4v) is 2.48. The molecule has 0 aliphatic carbocycles. The summed E-state index contributed by atoms with van der Waals surface area (Å²) in [5.74, 6) is 1.17. The van der Waals surface area contributed by atoms with Gasteiger partial charge in [-0.15, -0.1) is 0 Å². The van der Waals surface area contributed by atoms with Gasteiger partial charge < -0.3 is 14.8 Å². The van der Waals surface area contributed by atoms with E-state index < -0.39 is 6.10 Å². The Morgan fingerprint density at radius 3 is 2.33 bits per heavy atom. The first-order chi connectivity index (χ1) is 11.7. The number of methoxy groups -OCH3 is 1. The van der Waals surface area contributed by atoms with Crippen molar-refractivity contribution in [2.45, 2.75) is 13.0 Å². The summed E-state index contributed by atoms with van der Waals surface area (Å²) >= 11 is 0. The molecule has 0 aliphatic rings. The van der Waals surface area contributed by atoms with Gasteiger partial charge in [-0.05, 0) is 42.6 Å². The topological polar surface area (TPSA) is 47.6 Å². The number of hydrogen-bond acceptors (Lipinski definition) is 3. The van der Waals surface area contributed by atoms with Crippen LogP contribution < -0.4 is 14.8 Å². The first-order valence-corrected chi connectivity index (χ1v) is 7.77. The molecule has 0 radical (unpaired) electrons. The number of carbonyl (C=O) groups excluding carboxylic acids is 1. The molecule has 0 heterocycles. The Labute approximate surface area is 141 Å². The second kappa shape index (κ2) is 7.04. The second-order valence-corrected chi connectivity index (χ2v) is 5.45. The fourth-order valence-electron chi connectivity index (χ4n) is 2.48. The van der Waals surface area contributed by atoms with E-state index in [-0.39, 0.29) is 5.91 Å². The predicted octanol–water partition coefficient (Wildman–Crippen LogP) is 4.25. The molecule has 0 fully saturated rings. The normalized spacial score (nSPS) is 11.8. The zero-order chi connectivity index (χ0) is 16.9. The van der Waals surface area contributed by atoms with Crippen LogP contribution in [0, 0.1) is 0 Å². The van der Waals surface area contributed by atoms with E-state index >= 15 is 0 Å². The fraction of sp³-hybridized carbons (Fsp3) is 0.150. The summed E-state index contributed by atoms with van der Waals surface area (Å²) < 4.78 is 10.8. The Morgan fingerprint density at radius 2 is 1.58 bits per heavy atom. The van der Waals surface area contributed by atoms with Gasteiger partial charge in [-0.25, -0.2) is 0 Å². The third kappa shape index (κ3) is 3.49. The summed E-state index contributed by atoms with van der Waals surface area (Å²) in [6.45, 7) is 1.73. The minimum atomic E-state index is -0.614. The minimum absolute atomic E-state index is 0.192. The van der Waals surface area contributed by atoms with Crippen molar-refractivity contribution in [3.05, 3.63) is 66.7 Å². The van der Waals surface area contributed by atoms with E-state index in [0.717, 1.165) is 22.2 Å². The number of carbonyl (C=O) groups is 1. The molecule has 1 N–H and O–H groups in total. The minimum Gasteiger partial charge on any atom is -0.497 e. The molecule has 3 aromatic rings. The summed E-state index contributed by atoms with van der Waals surface area (Å²) in [5.41, 5.74) is 0.781. The largest absolute Gasteiger partial charge is 0.497 e. The highest BCUT2D eigenvalue weighted by Crippen LogP contribution is 2.23. The van der Waals surface area contributed by atoms with Crippen molar-refractivity contribution in [3.63, 3.8) is 0 Å². The van der Waals surface area contributed by atoms with Crippen LogP contribution in [0.3, 0.4) is 0 Å². The summed E-state index contributed by atoms with van der Waals surface area (Å²) in [6, 6.07) is 20.9. The van der Waals surface area contributed by atoms with Gasteiger partial charge in [0.2, 0.25) is 0 Å². The molecular formula is C20H19NO3. The van der Waals surface area contributed by atoms with Crippen LogP contribution in [-0.2, 0) is 4.79 Å². The lowest BCUT2D eigenvalue weighted by Crippen LogP contribution is -2.30. The Balaban J connectivity index is 1.71. The van der Waals surface area contributed by atoms with E-state index in [4.69, 9.17) is 9.47 Å². The molecule has 24 heavy (non-hydrogen) atoms. The Kier molecular flexibility index (Phi) is 4.66. The Hall–Kier alpha value is -3.01. The molecule has 0 spiro atoms. The van der Waals surface area contributed by atoms with Gasteiger partial charge in [-0.1, -0.05) is 36.4 Å². The molecule has 0 aliphatic heterocycles. The third-order valence-electron chi connectivity index (χ3n) is 3.79. The maximum Gasteiger partial charge on any atom is 0.265 e. The van der Waals surface area contributed by atoms with Crippen molar-refractivity contribution >= 4 is 22.4 Å². The number of hydrogen-bond donors (Lipinski definition) is 1. The highest BCUT2D eigenvalue weighted by molar-refractivity contribution is 6.03. The lowest BCUT2D eigenvalue weighted by atomic mass is 10.1. The number of amides is 1. The lowest BCUT2D eigenvalue weighted by Gasteiger charge is -2.16. The SMILES string of the molecule is COc1ccc(O[C@H](C)C(=O)Nc2cccc3ccccc23)cc1. The van der Waals surface area contributed by atoms with Crippen molar-refractivity contribution in [1.29, 1.82) is 0 Å². The van der Waals surface area contributed by atoms with Gasteiger partial charge in [0.1, 0.15) is 11.5 Å². The molecule has 4 nitrogen and oxygen atoms in total. The first-order valence-electron chi connectivity index (χ1n) is 7.77. The molecule has 1 amide bonds. The zero-order valence-electron chi connectivity index (χ0n) is 13.7. The van der Waals surface area contributed by atoms with Crippen LogP contribution in [0.1, 0.15) is 6.92 Å². The van der Waals surface area contributed by atoms with Crippen molar-refractivity contribution in [1.82, 2.24) is 0 Å². The summed E-state index contributed by atoms with van der Waals surface area (Å²) in [6.07, 6.45) is -0.614. The van der Waals surface area contributed by atoms with Crippen molar-refractivity contribution < 1.29 is 14.3 Å². The van der Waals surface area contributed by atoms with Gasteiger partial charge in [-0.2, -0.15) is 0 Å². The van der Waals surface area contributed by atoms with Crippen molar-refractivity contribution in [3.8, 4) is 11.5 Å². The summed E-state index contributed by atoms with van der Waals surface area (Å²) in [7, 11) is 1.61. The number of rotatable bonds is 5. The second-order valence-electron chi connectivity index (χ2n) is 5.45. The Bertz CT molecular complexity index is 838. The standard InChI is InChI=1S/C20H19NO3/c1-14(24-17-12-10-16(23-2)11-13-17)20(22)21-19-9-5-7-15-6-3-4-8-18(15)19/h3-14H,1-2H3,(H,21,22)/t14-/m1/s1. The molecule has 0 unspecified atom stereocenters. The molecule has 122 valence electrons. The molecule has 0 saturated heterocycles. The van der Waals surface area contributed by atoms with E-state index in [1.165, 1.54) is 0 Å². The van der Waals surface area contributed by atoms with E-state index in [0.29, 0.717) is 5.75 Å². The maximum absolute atomic E-state index is 12.4. The molecular weight excluding hydrogens is 302 g/mol. The number of nitrogens with one attached hydrogen (secondary N) is 1. The van der Waals surface area contributed by atoms with Crippen LogP contribution in [0.2, 0.25) is 0 Å². The average Bonchev–Trinajstić information content (AvgIpc) is 2.62. The van der Waals surface area contributed by atoms with E-state index in [1.54, 1.807) is 38.3 Å². The number of fused-ring (bicyclic) bond motifs is 1. The van der Waals surface area contributed by atoms with Crippen LogP contribution >= 0.6 is 0 Å². The van der Waals surface area contributed by atoms with Gasteiger partial charge in [0.15, 0.2) is 6.10 Å². The Morgan fingerprint density at radius 1 is 0.917 bits per heavy atom. The van der Waals surface area contributed by atoms with Crippen LogP contribution in [-0.4, -0.2) is 19.1 Å². The highest BCUT2D eigenvalue weighted by atomic mass is 16.5. The molecule has 1 atom stereocenters. The molecule has 0 saturated carbocycles. The van der Waals surface area contributed by atoms with Crippen LogP contribution in [0.4, 0.5) is 5.69 Å². The smallest absolute Gasteiger partial charge is 0.265 e. The van der Waals surface area contributed by atoms with E-state index in [1.807, 2.05) is 42.5 Å². The van der Waals surface area contributed by atoms with Crippen molar-refractivity contribution in [2.75, 3.05) is 12.4 Å². The van der Waals surface area contributed by atoms with Crippen molar-refractivity contribution in [2.24, 2.45) is 0 Å². The van der Waals surface area contributed by atoms with Gasteiger partial charge in [0, 0.05) is 11.1 Å². The first kappa shape index (κ1) is 15.9. The zero-order valence-corrected chi connectivity index (χ0v) is 13.7. The summed E-state index contributed by atoms with van der Waals surface area (Å²) in [4.78, 5) is 12.4. The highest BCUT2D eigenvalue weighted by Gasteiger charge is 2.15. The van der Waals surface area contributed by atoms with Crippen LogP contribution in [0.15, 0.2) is 66.7 Å². The molecule has 0 aromatic heterocycles. The van der Waals surface area contributed by atoms with Crippen LogP contribution in [0.25, 0.3) is 10.8 Å². The number of ether oxygens (including phenoxy) is 2. The number of benzene rings is 3. The monoisotopic (exact) mass is 321 g/mol. The van der Waals surface area contributed by atoms with Gasteiger partial charge in [0.25, 0.3) is 5.91 Å². The number of anilines is 1. The van der Waals surface area contributed by atoms with Gasteiger partial charge >= 0.3 is 0 Å². The quantitative estimate of drug-likeness (QED) is 0.764. The van der Waals surface area contributed by atoms with E-state index in [9.17, 15) is 4.79 Å². The van der Waals surface area contributed by atoms with Gasteiger partial charge in [-0.3, -0.25) is 4.79 Å². The lowest BCUT2D eigenvalue weighted by molar-refractivity contribution is -0.122. The summed E-state index contributed by atoms with van der Waals surface area (Å²) in [5, 5.41) is 5.03. The molecule has 3 rings (SSSR count). The van der Waals surface area contributed by atoms with E-state index in [2.05, 4.69) is 5.32 Å². The molecule has 4 heteroatoms. The molecule has 0 bridgehead atoms. The third-order valence-corrected chi connectivity index (χ3v) is 3.79. The van der Waals surface area contributed by atoms with Gasteiger partial charge in [0.05, 0.1) is 7.11 Å². The average molecular weight is 321 g/mol. The molecule has 3 aromatic carbocycles. The van der Waals surface area contributed by atoms with Crippen LogP contribution in [0.5, 0.6) is 11.5 Å². The predicted molar refractivity (Wildman–Crippen MR) is 95.7 cm³/mol.